The second kappa shape index (κ2) is 8.25. The fraction of sp³-hybridized carbons (Fsp3) is 0.933. The largest absolute Gasteiger partial charge is 1.00 e. The van der Waals surface area contributed by atoms with Gasteiger partial charge in [0.05, 0.1) is 0 Å². The van der Waals surface area contributed by atoms with Crippen molar-refractivity contribution in [2.45, 2.75) is 48.0 Å². The van der Waals surface area contributed by atoms with Gasteiger partial charge >= 0.3 is 18.9 Å². The molecule has 1 aliphatic rings. The SMILES string of the molecule is CCP(CC)CCC1C(C)[C-](C)C(C)C1C.[Li+]. The average molecular weight is 248 g/mol. The van der Waals surface area contributed by atoms with Crippen LogP contribution in [0.25, 0.3) is 0 Å². The minimum absolute atomic E-state index is 0. The van der Waals surface area contributed by atoms with Gasteiger partial charge in [-0.25, -0.2) is 0 Å². The normalized spacial score (nSPS) is 34.1. The van der Waals surface area contributed by atoms with Gasteiger partial charge < -0.3 is 5.92 Å². The van der Waals surface area contributed by atoms with Crippen LogP contribution >= 0.6 is 7.92 Å². The quantitative estimate of drug-likeness (QED) is 0.397. The van der Waals surface area contributed by atoms with E-state index in [-0.39, 0.29) is 18.9 Å². The molecule has 0 nitrogen and oxygen atoms in total. The van der Waals surface area contributed by atoms with E-state index >= 15 is 0 Å². The summed E-state index contributed by atoms with van der Waals surface area (Å²) in [4.78, 5) is 0. The minimum Gasteiger partial charge on any atom is -0.311 e. The van der Waals surface area contributed by atoms with E-state index in [1.165, 1.54) is 24.9 Å². The van der Waals surface area contributed by atoms with Crippen molar-refractivity contribution in [2.75, 3.05) is 18.5 Å². The van der Waals surface area contributed by atoms with Gasteiger partial charge in [0.2, 0.25) is 0 Å². The number of rotatable bonds is 5. The molecule has 0 aromatic carbocycles. The van der Waals surface area contributed by atoms with E-state index < -0.39 is 0 Å². The molecule has 17 heavy (non-hydrogen) atoms. The summed E-state index contributed by atoms with van der Waals surface area (Å²) in [6.07, 6.45) is 5.86. The predicted molar refractivity (Wildman–Crippen MR) is 77.4 cm³/mol. The maximum Gasteiger partial charge on any atom is 1.00 e. The molecule has 0 aromatic rings. The van der Waals surface area contributed by atoms with Crippen molar-refractivity contribution >= 4 is 7.92 Å². The van der Waals surface area contributed by atoms with Crippen LogP contribution in [0.5, 0.6) is 0 Å². The third kappa shape index (κ3) is 4.26. The number of hydrogen-bond acceptors (Lipinski definition) is 0. The molecule has 0 amide bonds. The maximum atomic E-state index is 2.47. The molecule has 4 atom stereocenters. The van der Waals surface area contributed by atoms with Crippen molar-refractivity contribution in [1.29, 1.82) is 0 Å². The van der Waals surface area contributed by atoms with Crippen molar-refractivity contribution in [3.8, 4) is 0 Å². The Labute approximate surface area is 123 Å². The Morgan fingerprint density at radius 2 is 1.53 bits per heavy atom. The van der Waals surface area contributed by atoms with E-state index in [1.807, 2.05) is 0 Å². The third-order valence-corrected chi connectivity index (χ3v) is 7.90. The minimum atomic E-state index is 0. The Morgan fingerprint density at radius 1 is 1.00 bits per heavy atom. The summed E-state index contributed by atoms with van der Waals surface area (Å²) in [7, 11) is 0.352. The van der Waals surface area contributed by atoms with Gasteiger partial charge in [0, 0.05) is 0 Å². The Balaban J connectivity index is 0.00000256. The molecule has 0 saturated heterocycles. The fourth-order valence-electron chi connectivity index (χ4n) is 3.38. The zero-order valence-corrected chi connectivity index (χ0v) is 14.0. The Morgan fingerprint density at radius 3 is 1.88 bits per heavy atom. The van der Waals surface area contributed by atoms with Gasteiger partial charge in [-0.2, -0.15) is 18.8 Å². The van der Waals surface area contributed by atoms with Gasteiger partial charge in [0.15, 0.2) is 0 Å². The molecule has 1 saturated carbocycles. The molecule has 1 rings (SSSR count). The van der Waals surface area contributed by atoms with Gasteiger partial charge in [-0.1, -0.05) is 46.5 Å². The van der Waals surface area contributed by atoms with Crippen molar-refractivity contribution in [1.82, 2.24) is 0 Å². The van der Waals surface area contributed by atoms with Crippen LogP contribution in [0.4, 0.5) is 0 Å². The Bertz CT molecular complexity index is 189. The topological polar surface area (TPSA) is 0 Å². The molecule has 1 aliphatic carbocycles. The van der Waals surface area contributed by atoms with Crippen LogP contribution in [0.2, 0.25) is 0 Å². The molecule has 0 spiro atoms. The van der Waals surface area contributed by atoms with E-state index in [1.54, 1.807) is 5.92 Å². The summed E-state index contributed by atoms with van der Waals surface area (Å²) in [5.74, 6) is 5.37. The first-order valence-corrected chi connectivity index (χ1v) is 8.98. The average Bonchev–Trinajstić information content (AvgIpc) is 2.47. The first-order valence-electron chi connectivity index (χ1n) is 7.08. The Hall–Kier alpha value is 1.03. The van der Waals surface area contributed by atoms with Crippen molar-refractivity contribution in [3.63, 3.8) is 0 Å². The second-order valence-corrected chi connectivity index (χ2v) is 8.71. The first kappa shape index (κ1) is 18.0. The molecule has 4 unspecified atom stereocenters. The zero-order valence-electron chi connectivity index (χ0n) is 13.1. The van der Waals surface area contributed by atoms with Crippen LogP contribution in [-0.4, -0.2) is 18.5 Å². The first-order chi connectivity index (χ1) is 7.52. The molecule has 0 aromatic heterocycles. The van der Waals surface area contributed by atoms with Gasteiger partial charge in [-0.3, -0.25) is 0 Å². The van der Waals surface area contributed by atoms with E-state index in [0.717, 1.165) is 23.7 Å². The van der Waals surface area contributed by atoms with E-state index in [9.17, 15) is 0 Å². The number of hydrogen-bond donors (Lipinski definition) is 0. The van der Waals surface area contributed by atoms with E-state index in [0.29, 0.717) is 7.92 Å². The van der Waals surface area contributed by atoms with Crippen LogP contribution in [0.1, 0.15) is 48.0 Å². The van der Waals surface area contributed by atoms with Gasteiger partial charge in [0.25, 0.3) is 0 Å². The molecule has 0 N–H and O–H groups in total. The van der Waals surface area contributed by atoms with Crippen LogP contribution < -0.4 is 18.9 Å². The standard InChI is InChI=1S/C15H30P.Li/c1-7-16(8-2)10-9-15-13(5)11(3)12(4)14(15)6;/h11,13-15H,7-10H2,1-6H3;/q-1;+1. The smallest absolute Gasteiger partial charge is 0.311 e. The maximum absolute atomic E-state index is 2.47. The predicted octanol–water partition coefficient (Wildman–Crippen LogP) is 2.03. The van der Waals surface area contributed by atoms with E-state index in [2.05, 4.69) is 41.5 Å². The molecule has 0 heterocycles. The molecular weight excluding hydrogens is 218 g/mol. The van der Waals surface area contributed by atoms with Crippen LogP contribution in [0.15, 0.2) is 0 Å². The fourth-order valence-corrected chi connectivity index (χ4v) is 5.12. The molecule has 0 bridgehead atoms. The molecular formula is C15H30LiP. The van der Waals surface area contributed by atoms with Crippen molar-refractivity contribution < 1.29 is 18.9 Å². The summed E-state index contributed by atoms with van der Waals surface area (Å²) < 4.78 is 0. The van der Waals surface area contributed by atoms with Crippen molar-refractivity contribution in [3.05, 3.63) is 5.92 Å². The molecule has 96 valence electrons. The third-order valence-electron chi connectivity index (χ3n) is 5.22. The zero-order chi connectivity index (χ0) is 12.3. The van der Waals surface area contributed by atoms with E-state index in [4.69, 9.17) is 0 Å². The summed E-state index contributed by atoms with van der Waals surface area (Å²) >= 11 is 0. The van der Waals surface area contributed by atoms with Crippen LogP contribution in [0, 0.1) is 29.6 Å². The van der Waals surface area contributed by atoms with Gasteiger partial charge in [-0.15, -0.1) is 7.92 Å². The summed E-state index contributed by atoms with van der Waals surface area (Å²) in [6, 6.07) is 0. The molecule has 1 fully saturated rings. The summed E-state index contributed by atoms with van der Waals surface area (Å²) in [6.45, 7) is 14.5. The molecule has 0 aliphatic heterocycles. The summed E-state index contributed by atoms with van der Waals surface area (Å²) in [5, 5.41) is 0. The second-order valence-electron chi connectivity index (χ2n) is 5.66. The van der Waals surface area contributed by atoms with Crippen molar-refractivity contribution in [2.24, 2.45) is 23.7 Å². The van der Waals surface area contributed by atoms with Gasteiger partial charge in [-0.05, 0) is 24.9 Å². The van der Waals surface area contributed by atoms with Crippen LogP contribution in [0.3, 0.4) is 0 Å². The molecule has 2 heteroatoms. The molecule has 0 radical (unpaired) electrons. The van der Waals surface area contributed by atoms with Crippen LogP contribution in [-0.2, 0) is 0 Å². The summed E-state index contributed by atoms with van der Waals surface area (Å²) in [5.41, 5.74) is 0. The Kier molecular flexibility index (Phi) is 8.75. The van der Waals surface area contributed by atoms with Gasteiger partial charge in [0.1, 0.15) is 0 Å². The monoisotopic (exact) mass is 248 g/mol.